The highest BCUT2D eigenvalue weighted by molar-refractivity contribution is 5.85. The van der Waals surface area contributed by atoms with Crippen LogP contribution >= 0.6 is 12.4 Å². The Balaban J connectivity index is 0.00000300. The molecule has 0 aliphatic carbocycles. The van der Waals surface area contributed by atoms with Gasteiger partial charge in [-0.3, -0.25) is 0 Å². The summed E-state index contributed by atoms with van der Waals surface area (Å²) in [6, 6.07) is 27.3. The average molecular weight is 412 g/mol. The van der Waals surface area contributed by atoms with E-state index in [1.54, 1.807) is 7.11 Å². The van der Waals surface area contributed by atoms with Gasteiger partial charge in [-0.2, -0.15) is 0 Å². The first-order valence-electron chi connectivity index (χ1n) is 9.86. The Morgan fingerprint density at radius 3 is 2.14 bits per heavy atom. The topological polar surface area (TPSA) is 30.5 Å². The zero-order valence-corrected chi connectivity index (χ0v) is 18.0. The summed E-state index contributed by atoms with van der Waals surface area (Å²) in [5.41, 5.74) is 3.63. The van der Waals surface area contributed by atoms with Crippen LogP contribution in [-0.4, -0.2) is 13.2 Å². The molecule has 29 heavy (non-hydrogen) atoms. The van der Waals surface area contributed by atoms with Gasteiger partial charge in [0, 0.05) is 18.2 Å². The van der Waals surface area contributed by atoms with Crippen LogP contribution in [0.1, 0.15) is 30.0 Å². The van der Waals surface area contributed by atoms with E-state index in [1.165, 1.54) is 5.56 Å². The molecule has 0 amide bonds. The van der Waals surface area contributed by atoms with Crippen LogP contribution in [0.5, 0.6) is 11.5 Å². The van der Waals surface area contributed by atoms with Crippen LogP contribution in [-0.2, 0) is 19.6 Å². The lowest BCUT2D eigenvalue weighted by molar-refractivity contribution is 0.280. The van der Waals surface area contributed by atoms with Gasteiger partial charge in [0.15, 0.2) is 11.5 Å². The minimum atomic E-state index is 0. The van der Waals surface area contributed by atoms with E-state index in [4.69, 9.17) is 9.47 Å². The summed E-state index contributed by atoms with van der Waals surface area (Å²) in [7, 11) is 1.68. The average Bonchev–Trinajstić information content (AvgIpc) is 2.76. The van der Waals surface area contributed by atoms with Crippen molar-refractivity contribution >= 4 is 12.4 Å². The molecular formula is C25H30ClNO2. The van der Waals surface area contributed by atoms with E-state index in [2.05, 4.69) is 60.8 Å². The normalized spacial score (nSPS) is 11.4. The minimum Gasteiger partial charge on any atom is -0.493 e. The Bertz CT molecular complexity index is 840. The number of nitrogens with one attached hydrogen (secondary N) is 1. The third-order valence-corrected chi connectivity index (χ3v) is 4.86. The van der Waals surface area contributed by atoms with Crippen molar-refractivity contribution in [3.63, 3.8) is 0 Å². The Labute approximate surface area is 180 Å². The lowest BCUT2D eigenvalue weighted by atomic mass is 10.1. The summed E-state index contributed by atoms with van der Waals surface area (Å²) in [5.74, 6) is 1.59. The summed E-state index contributed by atoms with van der Waals surface area (Å²) in [5, 5.41) is 3.62. The third kappa shape index (κ3) is 7.12. The second kappa shape index (κ2) is 12.2. The molecule has 1 atom stereocenters. The first-order valence-corrected chi connectivity index (χ1v) is 9.86. The molecular weight excluding hydrogens is 382 g/mol. The van der Waals surface area contributed by atoms with Crippen LogP contribution in [0.2, 0.25) is 0 Å². The fourth-order valence-corrected chi connectivity index (χ4v) is 3.17. The van der Waals surface area contributed by atoms with E-state index < -0.39 is 0 Å². The third-order valence-electron chi connectivity index (χ3n) is 4.86. The van der Waals surface area contributed by atoms with Gasteiger partial charge in [0.1, 0.15) is 6.61 Å². The van der Waals surface area contributed by atoms with Gasteiger partial charge in [-0.1, -0.05) is 72.8 Å². The summed E-state index contributed by atoms with van der Waals surface area (Å²) in [6.07, 6.45) is 2.17. The molecule has 3 aromatic carbocycles. The van der Waals surface area contributed by atoms with Crippen LogP contribution in [0.25, 0.3) is 0 Å². The molecule has 0 fully saturated rings. The molecule has 4 heteroatoms. The maximum absolute atomic E-state index is 6.14. The Kier molecular flexibility index (Phi) is 9.55. The number of rotatable bonds is 10. The fraction of sp³-hybridized carbons (Fsp3) is 0.280. The van der Waals surface area contributed by atoms with Gasteiger partial charge in [-0.15, -0.1) is 12.4 Å². The van der Waals surface area contributed by atoms with Crippen LogP contribution in [0.3, 0.4) is 0 Å². The molecule has 0 bridgehead atoms. The van der Waals surface area contributed by atoms with Crippen molar-refractivity contribution in [3.8, 4) is 11.5 Å². The number of hydrogen-bond acceptors (Lipinski definition) is 3. The van der Waals surface area contributed by atoms with Crippen LogP contribution < -0.4 is 14.8 Å². The number of para-hydroxylation sites is 1. The predicted octanol–water partition coefficient (Wildman–Crippen LogP) is 5.81. The number of aryl methyl sites for hydroxylation is 1. The highest BCUT2D eigenvalue weighted by Crippen LogP contribution is 2.32. The highest BCUT2D eigenvalue weighted by Gasteiger charge is 2.12. The van der Waals surface area contributed by atoms with E-state index in [-0.39, 0.29) is 12.4 Å². The molecule has 0 saturated carbocycles. The first-order chi connectivity index (χ1) is 13.8. The molecule has 3 rings (SSSR count). The summed E-state index contributed by atoms with van der Waals surface area (Å²) in [6.45, 7) is 3.50. The lowest BCUT2D eigenvalue weighted by Gasteiger charge is -2.18. The number of ether oxygens (including phenoxy) is 2. The summed E-state index contributed by atoms with van der Waals surface area (Å²) in [4.78, 5) is 0. The van der Waals surface area contributed by atoms with Crippen LogP contribution in [0, 0.1) is 0 Å². The van der Waals surface area contributed by atoms with Crippen molar-refractivity contribution in [2.75, 3.05) is 7.11 Å². The molecule has 0 aromatic heterocycles. The molecule has 1 N–H and O–H groups in total. The zero-order valence-electron chi connectivity index (χ0n) is 17.1. The van der Waals surface area contributed by atoms with E-state index in [0.29, 0.717) is 12.6 Å². The molecule has 0 saturated heterocycles. The second-order valence-electron chi connectivity index (χ2n) is 7.03. The molecule has 0 spiro atoms. The highest BCUT2D eigenvalue weighted by atomic mass is 35.5. The summed E-state index contributed by atoms with van der Waals surface area (Å²) < 4.78 is 11.7. The number of halogens is 1. The molecule has 0 aliphatic heterocycles. The zero-order chi connectivity index (χ0) is 19.6. The fourth-order valence-electron chi connectivity index (χ4n) is 3.17. The van der Waals surface area contributed by atoms with Gasteiger partial charge in [-0.05, 0) is 37.0 Å². The van der Waals surface area contributed by atoms with Crippen molar-refractivity contribution in [3.05, 3.63) is 95.6 Å². The lowest BCUT2D eigenvalue weighted by Crippen LogP contribution is -2.26. The minimum absolute atomic E-state index is 0. The van der Waals surface area contributed by atoms with E-state index in [0.717, 1.165) is 42.0 Å². The largest absolute Gasteiger partial charge is 0.493 e. The second-order valence-corrected chi connectivity index (χ2v) is 7.03. The molecule has 154 valence electrons. The first kappa shape index (κ1) is 22.8. The number of hydrogen-bond donors (Lipinski definition) is 1. The van der Waals surface area contributed by atoms with E-state index in [1.807, 2.05) is 30.3 Å². The van der Waals surface area contributed by atoms with Crippen LogP contribution in [0.15, 0.2) is 78.9 Å². The molecule has 1 unspecified atom stereocenters. The SMILES string of the molecule is COc1cccc(CNC(C)CCc2ccccc2)c1OCc1ccccc1.Cl. The maximum atomic E-state index is 6.14. The molecule has 3 nitrogen and oxygen atoms in total. The molecule has 3 aromatic rings. The van der Waals surface area contributed by atoms with Crippen molar-refractivity contribution in [1.82, 2.24) is 5.32 Å². The molecule has 0 heterocycles. The Morgan fingerprint density at radius 1 is 0.828 bits per heavy atom. The van der Waals surface area contributed by atoms with Gasteiger partial charge >= 0.3 is 0 Å². The molecule has 0 radical (unpaired) electrons. The monoisotopic (exact) mass is 411 g/mol. The summed E-state index contributed by atoms with van der Waals surface area (Å²) >= 11 is 0. The predicted molar refractivity (Wildman–Crippen MR) is 122 cm³/mol. The maximum Gasteiger partial charge on any atom is 0.166 e. The van der Waals surface area contributed by atoms with Crippen molar-refractivity contribution in [2.24, 2.45) is 0 Å². The van der Waals surface area contributed by atoms with Crippen molar-refractivity contribution in [2.45, 2.75) is 39.0 Å². The number of benzene rings is 3. The van der Waals surface area contributed by atoms with Gasteiger partial charge in [0.05, 0.1) is 7.11 Å². The Morgan fingerprint density at radius 2 is 1.48 bits per heavy atom. The molecule has 0 aliphatic rings. The standard InChI is InChI=1S/C25H29NO2.ClH/c1-20(16-17-21-10-5-3-6-11-21)26-18-23-14-9-15-24(27-2)25(23)28-19-22-12-7-4-8-13-22;/h3-15,20,26H,16-19H2,1-2H3;1H. The van der Waals surface area contributed by atoms with E-state index in [9.17, 15) is 0 Å². The van der Waals surface area contributed by atoms with Gasteiger partial charge in [0.2, 0.25) is 0 Å². The smallest absolute Gasteiger partial charge is 0.166 e. The van der Waals surface area contributed by atoms with Crippen molar-refractivity contribution in [1.29, 1.82) is 0 Å². The van der Waals surface area contributed by atoms with Crippen LogP contribution in [0.4, 0.5) is 0 Å². The van der Waals surface area contributed by atoms with Crippen molar-refractivity contribution < 1.29 is 9.47 Å². The van der Waals surface area contributed by atoms with Gasteiger partial charge < -0.3 is 14.8 Å². The van der Waals surface area contributed by atoms with Gasteiger partial charge in [-0.25, -0.2) is 0 Å². The Hall–Kier alpha value is -2.49. The van der Waals surface area contributed by atoms with Gasteiger partial charge in [0.25, 0.3) is 0 Å². The van der Waals surface area contributed by atoms with E-state index >= 15 is 0 Å². The quantitative estimate of drug-likeness (QED) is 0.456. The number of methoxy groups -OCH3 is 1.